The number of nitrogens with zero attached hydrogens (tertiary/aromatic N) is 4. The van der Waals surface area contributed by atoms with Crippen molar-refractivity contribution in [2.24, 2.45) is 0 Å². The quantitative estimate of drug-likeness (QED) is 0.860. The van der Waals surface area contributed by atoms with Crippen LogP contribution in [0.4, 0.5) is 16.3 Å². The highest BCUT2D eigenvalue weighted by Gasteiger charge is 2.22. The van der Waals surface area contributed by atoms with E-state index >= 15 is 0 Å². The largest absolute Gasteiger partial charge is 0.353 e. The smallest absolute Gasteiger partial charge is 0.321 e. The van der Waals surface area contributed by atoms with Crippen molar-refractivity contribution >= 4 is 23.3 Å². The van der Waals surface area contributed by atoms with Crippen LogP contribution in [0.15, 0.2) is 42.6 Å². The third-order valence-corrected chi connectivity index (χ3v) is 4.31. The Balaban J connectivity index is 1.56. The first-order valence-corrected chi connectivity index (χ1v) is 8.35. The number of nitriles is 1. The van der Waals surface area contributed by atoms with Crippen molar-refractivity contribution in [1.29, 1.82) is 5.26 Å². The molecule has 1 aliphatic rings. The van der Waals surface area contributed by atoms with Gasteiger partial charge in [0, 0.05) is 43.6 Å². The summed E-state index contributed by atoms with van der Waals surface area (Å²) in [6.07, 6.45) is 1.62. The zero-order valence-electron chi connectivity index (χ0n) is 14.5. The molecular weight excluding hydrogens is 330 g/mol. The molecule has 0 unspecified atom stereocenters. The third-order valence-electron chi connectivity index (χ3n) is 4.31. The van der Waals surface area contributed by atoms with E-state index < -0.39 is 0 Å². The van der Waals surface area contributed by atoms with Crippen LogP contribution < -0.4 is 10.2 Å². The lowest BCUT2D eigenvalue weighted by Gasteiger charge is -2.35. The molecule has 0 aliphatic carbocycles. The van der Waals surface area contributed by atoms with Gasteiger partial charge in [-0.05, 0) is 43.3 Å². The third kappa shape index (κ3) is 3.98. The summed E-state index contributed by atoms with van der Waals surface area (Å²) in [5, 5.41) is 11.8. The fraction of sp³-hybridized carbons (Fsp3) is 0.263. The van der Waals surface area contributed by atoms with Gasteiger partial charge >= 0.3 is 6.03 Å². The molecule has 0 saturated carbocycles. The highest BCUT2D eigenvalue weighted by molar-refractivity contribution is 5.95. The zero-order chi connectivity index (χ0) is 18.5. The lowest BCUT2D eigenvalue weighted by atomic mass is 10.1. The Kier molecular flexibility index (Phi) is 5.13. The molecule has 2 heterocycles. The summed E-state index contributed by atoms with van der Waals surface area (Å²) in [5.41, 5.74) is 1.85. The summed E-state index contributed by atoms with van der Waals surface area (Å²) in [5.74, 6) is 0.747. The van der Waals surface area contributed by atoms with Crippen LogP contribution in [-0.2, 0) is 0 Å². The Hall–Kier alpha value is -3.40. The average Bonchev–Trinajstić information content (AvgIpc) is 2.68. The number of urea groups is 1. The molecule has 1 aromatic heterocycles. The number of Topliss-reactive ketones (excluding diaryl/α,β-unsaturated/α-hetero) is 1. The minimum Gasteiger partial charge on any atom is -0.353 e. The zero-order valence-corrected chi connectivity index (χ0v) is 14.5. The maximum atomic E-state index is 12.4. The number of nitrogens with one attached hydrogen (secondary N) is 1. The maximum Gasteiger partial charge on any atom is 0.321 e. The van der Waals surface area contributed by atoms with E-state index in [9.17, 15) is 9.59 Å². The molecule has 7 nitrogen and oxygen atoms in total. The van der Waals surface area contributed by atoms with Gasteiger partial charge in [-0.25, -0.2) is 9.78 Å². The van der Waals surface area contributed by atoms with E-state index in [1.165, 1.54) is 6.92 Å². The maximum absolute atomic E-state index is 12.4. The molecule has 1 fully saturated rings. The monoisotopic (exact) mass is 349 g/mol. The van der Waals surface area contributed by atoms with Crippen LogP contribution in [-0.4, -0.2) is 47.9 Å². The molecule has 0 spiro atoms. The van der Waals surface area contributed by atoms with Gasteiger partial charge in [-0.3, -0.25) is 4.79 Å². The first-order valence-electron chi connectivity index (χ1n) is 8.35. The highest BCUT2D eigenvalue weighted by atomic mass is 16.2. The molecular formula is C19H19N5O2. The van der Waals surface area contributed by atoms with Gasteiger partial charge in [-0.1, -0.05) is 0 Å². The van der Waals surface area contributed by atoms with Crippen LogP contribution in [0.1, 0.15) is 22.8 Å². The number of ketones is 1. The van der Waals surface area contributed by atoms with Crippen LogP contribution in [0.2, 0.25) is 0 Å². The number of carbonyl (C=O) groups is 2. The Bertz CT molecular complexity index is 849. The van der Waals surface area contributed by atoms with E-state index in [-0.39, 0.29) is 11.8 Å². The number of aromatic nitrogens is 1. The Morgan fingerprint density at radius 1 is 1.12 bits per heavy atom. The normalized spacial score (nSPS) is 13.8. The minimum absolute atomic E-state index is 0.00641. The topological polar surface area (TPSA) is 89.3 Å². The van der Waals surface area contributed by atoms with Crippen LogP contribution >= 0.6 is 0 Å². The van der Waals surface area contributed by atoms with Crippen LogP contribution in [0.5, 0.6) is 0 Å². The van der Waals surface area contributed by atoms with Gasteiger partial charge in [0.2, 0.25) is 0 Å². The number of carbonyl (C=O) groups excluding carboxylic acids is 2. The molecule has 1 aromatic carbocycles. The minimum atomic E-state index is -0.168. The second kappa shape index (κ2) is 7.66. The van der Waals surface area contributed by atoms with Gasteiger partial charge in [-0.2, -0.15) is 5.26 Å². The first-order chi connectivity index (χ1) is 12.6. The predicted molar refractivity (Wildman–Crippen MR) is 98.2 cm³/mol. The first kappa shape index (κ1) is 17.4. The van der Waals surface area contributed by atoms with Gasteiger partial charge in [0.15, 0.2) is 5.78 Å². The number of rotatable bonds is 3. The lowest BCUT2D eigenvalue weighted by molar-refractivity contribution is 0.101. The molecule has 7 heteroatoms. The van der Waals surface area contributed by atoms with E-state index in [2.05, 4.69) is 21.3 Å². The van der Waals surface area contributed by atoms with Gasteiger partial charge in [0.25, 0.3) is 0 Å². The van der Waals surface area contributed by atoms with Gasteiger partial charge in [0.1, 0.15) is 5.82 Å². The van der Waals surface area contributed by atoms with Crippen molar-refractivity contribution in [3.05, 3.63) is 53.7 Å². The van der Waals surface area contributed by atoms with E-state index in [0.717, 1.165) is 5.82 Å². The van der Waals surface area contributed by atoms with E-state index in [1.807, 2.05) is 0 Å². The number of hydrogen-bond acceptors (Lipinski definition) is 5. The Morgan fingerprint density at radius 2 is 1.81 bits per heavy atom. The fourth-order valence-electron chi connectivity index (χ4n) is 2.79. The van der Waals surface area contributed by atoms with Gasteiger partial charge < -0.3 is 15.1 Å². The van der Waals surface area contributed by atoms with Crippen molar-refractivity contribution in [2.75, 3.05) is 36.4 Å². The lowest BCUT2D eigenvalue weighted by Crippen LogP contribution is -2.50. The van der Waals surface area contributed by atoms with Crippen molar-refractivity contribution in [1.82, 2.24) is 9.88 Å². The number of hydrogen-bond donors (Lipinski definition) is 1. The van der Waals surface area contributed by atoms with Crippen LogP contribution in [0.25, 0.3) is 0 Å². The summed E-state index contributed by atoms with van der Waals surface area (Å²) in [4.78, 5) is 31.8. The Labute approximate surface area is 151 Å². The molecule has 132 valence electrons. The van der Waals surface area contributed by atoms with Crippen molar-refractivity contribution in [3.63, 3.8) is 0 Å². The second-order valence-corrected chi connectivity index (χ2v) is 6.05. The number of pyridine rings is 1. The van der Waals surface area contributed by atoms with E-state index in [0.29, 0.717) is 43.0 Å². The molecule has 3 rings (SSSR count). The van der Waals surface area contributed by atoms with Gasteiger partial charge in [0.05, 0.1) is 11.6 Å². The molecule has 0 radical (unpaired) electrons. The Morgan fingerprint density at radius 3 is 2.42 bits per heavy atom. The molecule has 1 saturated heterocycles. The SMILES string of the molecule is CC(=O)c1ccc(NC(=O)N2CCN(c3cc(C#N)ccn3)CC2)cc1. The van der Waals surface area contributed by atoms with E-state index in [1.54, 1.807) is 47.5 Å². The molecule has 1 N–H and O–H groups in total. The van der Waals surface area contributed by atoms with Gasteiger partial charge in [-0.15, -0.1) is 0 Å². The van der Waals surface area contributed by atoms with E-state index in [4.69, 9.17) is 5.26 Å². The van der Waals surface area contributed by atoms with Crippen molar-refractivity contribution in [3.8, 4) is 6.07 Å². The summed E-state index contributed by atoms with van der Waals surface area (Å²) in [7, 11) is 0. The summed E-state index contributed by atoms with van der Waals surface area (Å²) >= 11 is 0. The van der Waals surface area contributed by atoms with Crippen LogP contribution in [0.3, 0.4) is 0 Å². The highest BCUT2D eigenvalue weighted by Crippen LogP contribution is 2.16. The molecule has 1 aliphatic heterocycles. The standard InChI is InChI=1S/C19H19N5O2/c1-14(25)16-2-4-17(5-3-16)22-19(26)24-10-8-23(9-11-24)18-12-15(13-20)6-7-21-18/h2-7,12H,8-11H2,1H3,(H,22,26). The number of piperazine rings is 1. The van der Waals surface area contributed by atoms with Crippen molar-refractivity contribution < 1.29 is 9.59 Å². The molecule has 26 heavy (non-hydrogen) atoms. The number of anilines is 2. The molecule has 2 aromatic rings. The predicted octanol–water partition coefficient (Wildman–Crippen LogP) is 2.51. The van der Waals surface area contributed by atoms with Crippen LogP contribution in [0, 0.1) is 11.3 Å². The fourth-order valence-corrected chi connectivity index (χ4v) is 2.79. The average molecular weight is 349 g/mol. The summed E-state index contributed by atoms with van der Waals surface area (Å²) in [6, 6.07) is 12.2. The number of benzene rings is 1. The number of amides is 2. The molecule has 0 bridgehead atoms. The summed E-state index contributed by atoms with van der Waals surface area (Å²) < 4.78 is 0. The second-order valence-electron chi connectivity index (χ2n) is 6.05. The molecule has 0 atom stereocenters. The summed E-state index contributed by atoms with van der Waals surface area (Å²) in [6.45, 7) is 3.94. The molecule has 2 amide bonds. The van der Waals surface area contributed by atoms with Crippen molar-refractivity contribution in [2.45, 2.75) is 6.92 Å².